The molecule has 4 nitrogen and oxygen atoms in total. The molecule has 0 radical (unpaired) electrons. The number of nitrogens with one attached hydrogen (secondary N) is 1. The lowest BCUT2D eigenvalue weighted by Gasteiger charge is -2.35. The van der Waals surface area contributed by atoms with E-state index in [9.17, 15) is 8.42 Å². The molecule has 1 heterocycles. The summed E-state index contributed by atoms with van der Waals surface area (Å²) in [6.07, 6.45) is 4.38. The van der Waals surface area contributed by atoms with Crippen LogP contribution in [0.15, 0.2) is 0 Å². The molecule has 0 aromatic heterocycles. The molecular formula is C12H26N2O2S. The average Bonchev–Trinajstić information content (AvgIpc) is 2.24. The van der Waals surface area contributed by atoms with Crippen LogP contribution in [-0.4, -0.2) is 57.0 Å². The summed E-state index contributed by atoms with van der Waals surface area (Å²) in [5.74, 6) is 0.296. The molecule has 1 N–H and O–H groups in total. The Labute approximate surface area is 106 Å². The highest BCUT2D eigenvalue weighted by Crippen LogP contribution is 2.12. The van der Waals surface area contributed by atoms with E-state index in [2.05, 4.69) is 24.1 Å². The van der Waals surface area contributed by atoms with Crippen LogP contribution in [0.5, 0.6) is 0 Å². The fourth-order valence-corrected chi connectivity index (χ4v) is 2.93. The van der Waals surface area contributed by atoms with Gasteiger partial charge in [0.2, 0.25) is 0 Å². The number of rotatable bonds is 6. The first kappa shape index (κ1) is 14.9. The van der Waals surface area contributed by atoms with E-state index in [1.807, 2.05) is 0 Å². The summed E-state index contributed by atoms with van der Waals surface area (Å²) in [5.41, 5.74) is 0. The molecule has 0 amide bonds. The van der Waals surface area contributed by atoms with E-state index in [0.717, 1.165) is 26.1 Å². The van der Waals surface area contributed by atoms with E-state index < -0.39 is 9.84 Å². The van der Waals surface area contributed by atoms with Crippen molar-refractivity contribution in [2.24, 2.45) is 0 Å². The fourth-order valence-electron chi connectivity index (χ4n) is 2.26. The van der Waals surface area contributed by atoms with Gasteiger partial charge in [-0.1, -0.05) is 0 Å². The zero-order chi connectivity index (χ0) is 12.9. The minimum atomic E-state index is -2.80. The second-order valence-corrected chi connectivity index (χ2v) is 7.60. The Hall–Kier alpha value is -0.130. The van der Waals surface area contributed by atoms with Crippen LogP contribution in [0.4, 0.5) is 0 Å². The highest BCUT2D eigenvalue weighted by molar-refractivity contribution is 7.90. The van der Waals surface area contributed by atoms with E-state index in [-0.39, 0.29) is 0 Å². The summed E-state index contributed by atoms with van der Waals surface area (Å²) in [4.78, 5) is 2.49. The van der Waals surface area contributed by atoms with E-state index in [4.69, 9.17) is 0 Å². The van der Waals surface area contributed by atoms with Gasteiger partial charge in [0.1, 0.15) is 9.84 Å². The summed E-state index contributed by atoms with van der Waals surface area (Å²) in [7, 11) is -2.80. The highest BCUT2D eigenvalue weighted by atomic mass is 32.2. The Morgan fingerprint density at radius 1 is 1.29 bits per heavy atom. The van der Waals surface area contributed by atoms with Crippen LogP contribution in [0, 0.1) is 0 Å². The van der Waals surface area contributed by atoms with Crippen LogP contribution in [0.3, 0.4) is 0 Å². The van der Waals surface area contributed by atoms with E-state index >= 15 is 0 Å². The molecule has 0 bridgehead atoms. The van der Waals surface area contributed by atoms with E-state index in [0.29, 0.717) is 17.8 Å². The number of piperidine rings is 1. The van der Waals surface area contributed by atoms with Gasteiger partial charge in [0.05, 0.1) is 5.75 Å². The first-order chi connectivity index (χ1) is 7.88. The van der Waals surface area contributed by atoms with Gasteiger partial charge < -0.3 is 10.2 Å². The molecule has 102 valence electrons. The Balaban J connectivity index is 2.10. The predicted molar refractivity (Wildman–Crippen MR) is 72.1 cm³/mol. The van der Waals surface area contributed by atoms with Crippen molar-refractivity contribution >= 4 is 9.84 Å². The van der Waals surface area contributed by atoms with Crippen LogP contribution in [-0.2, 0) is 9.84 Å². The van der Waals surface area contributed by atoms with Crippen LogP contribution < -0.4 is 5.32 Å². The summed E-state index contributed by atoms with van der Waals surface area (Å²) < 4.78 is 21.9. The zero-order valence-corrected chi connectivity index (χ0v) is 12.1. The summed E-state index contributed by atoms with van der Waals surface area (Å²) in [6, 6.07) is 1.21. The Morgan fingerprint density at radius 3 is 2.35 bits per heavy atom. The number of likely N-dealkylation sites (tertiary alicyclic amines) is 1. The van der Waals surface area contributed by atoms with Gasteiger partial charge in [-0.25, -0.2) is 8.42 Å². The van der Waals surface area contributed by atoms with Crippen molar-refractivity contribution in [2.75, 3.05) is 31.6 Å². The number of hydrogen-bond acceptors (Lipinski definition) is 4. The van der Waals surface area contributed by atoms with Gasteiger partial charge >= 0.3 is 0 Å². The molecule has 0 unspecified atom stereocenters. The van der Waals surface area contributed by atoms with Gasteiger partial charge in [0.25, 0.3) is 0 Å². The molecule has 1 rings (SSSR count). The topological polar surface area (TPSA) is 49.4 Å². The molecule has 0 aliphatic carbocycles. The Bertz CT molecular complexity index is 306. The first-order valence-electron chi connectivity index (χ1n) is 6.53. The van der Waals surface area contributed by atoms with Gasteiger partial charge in [0, 0.05) is 18.3 Å². The third kappa shape index (κ3) is 6.38. The molecule has 0 aromatic carbocycles. The maximum atomic E-state index is 11.0. The van der Waals surface area contributed by atoms with Gasteiger partial charge in [-0.2, -0.15) is 0 Å². The standard InChI is InChI=1S/C12H26N2O2S/c1-11(2)14-8-5-12(6-9-14)13-7-4-10-17(3,15)16/h11-13H,4-10H2,1-3H3. The van der Waals surface area contributed by atoms with Crippen molar-refractivity contribution < 1.29 is 8.42 Å². The number of nitrogens with zero attached hydrogens (tertiary/aromatic N) is 1. The third-order valence-corrected chi connectivity index (χ3v) is 4.42. The van der Waals surface area contributed by atoms with Crippen molar-refractivity contribution in [1.29, 1.82) is 0 Å². The van der Waals surface area contributed by atoms with Crippen LogP contribution in [0.2, 0.25) is 0 Å². The smallest absolute Gasteiger partial charge is 0.147 e. The molecule has 0 spiro atoms. The SMILES string of the molecule is CC(C)N1CCC(NCCCS(C)(=O)=O)CC1. The van der Waals surface area contributed by atoms with E-state index in [1.54, 1.807) is 0 Å². The molecule has 1 saturated heterocycles. The second-order valence-electron chi connectivity index (χ2n) is 5.34. The lowest BCUT2D eigenvalue weighted by Crippen LogP contribution is -2.45. The molecule has 0 atom stereocenters. The van der Waals surface area contributed by atoms with Crippen molar-refractivity contribution in [3.05, 3.63) is 0 Å². The van der Waals surface area contributed by atoms with Crippen molar-refractivity contribution in [3.8, 4) is 0 Å². The summed E-state index contributed by atoms with van der Waals surface area (Å²) in [5, 5.41) is 3.46. The molecular weight excluding hydrogens is 236 g/mol. The van der Waals surface area contributed by atoms with E-state index in [1.165, 1.54) is 19.1 Å². The van der Waals surface area contributed by atoms with Gasteiger partial charge in [0.15, 0.2) is 0 Å². The summed E-state index contributed by atoms with van der Waals surface area (Å²) in [6.45, 7) is 7.60. The third-order valence-electron chi connectivity index (χ3n) is 3.38. The van der Waals surface area contributed by atoms with Gasteiger partial charge in [-0.3, -0.25) is 0 Å². The van der Waals surface area contributed by atoms with Crippen molar-refractivity contribution in [1.82, 2.24) is 10.2 Å². The Morgan fingerprint density at radius 2 is 1.88 bits per heavy atom. The summed E-state index contributed by atoms with van der Waals surface area (Å²) >= 11 is 0. The maximum Gasteiger partial charge on any atom is 0.147 e. The quantitative estimate of drug-likeness (QED) is 0.722. The highest BCUT2D eigenvalue weighted by Gasteiger charge is 2.19. The fraction of sp³-hybridized carbons (Fsp3) is 1.00. The molecule has 1 aliphatic rings. The van der Waals surface area contributed by atoms with Crippen LogP contribution in [0.25, 0.3) is 0 Å². The minimum Gasteiger partial charge on any atom is -0.314 e. The van der Waals surface area contributed by atoms with Gasteiger partial charge in [-0.15, -0.1) is 0 Å². The first-order valence-corrected chi connectivity index (χ1v) is 8.59. The average molecular weight is 262 g/mol. The second kappa shape index (κ2) is 6.71. The number of hydrogen-bond donors (Lipinski definition) is 1. The largest absolute Gasteiger partial charge is 0.314 e. The molecule has 0 saturated carbocycles. The lowest BCUT2D eigenvalue weighted by atomic mass is 10.0. The Kier molecular flexibility index (Phi) is 5.89. The maximum absolute atomic E-state index is 11.0. The molecule has 5 heteroatoms. The molecule has 17 heavy (non-hydrogen) atoms. The van der Waals surface area contributed by atoms with Crippen molar-refractivity contribution in [2.45, 2.75) is 45.2 Å². The normalized spacial score (nSPS) is 20.0. The lowest BCUT2D eigenvalue weighted by molar-refractivity contribution is 0.161. The molecule has 1 aliphatic heterocycles. The number of sulfone groups is 1. The van der Waals surface area contributed by atoms with Crippen LogP contribution >= 0.6 is 0 Å². The predicted octanol–water partition coefficient (Wildman–Crippen LogP) is 0.884. The minimum absolute atomic E-state index is 0.296. The van der Waals surface area contributed by atoms with Crippen molar-refractivity contribution in [3.63, 3.8) is 0 Å². The van der Waals surface area contributed by atoms with Gasteiger partial charge in [-0.05, 0) is 52.7 Å². The van der Waals surface area contributed by atoms with Crippen LogP contribution in [0.1, 0.15) is 33.1 Å². The molecule has 0 aromatic rings. The molecule has 1 fully saturated rings. The monoisotopic (exact) mass is 262 g/mol. The zero-order valence-electron chi connectivity index (χ0n) is 11.3.